The van der Waals surface area contributed by atoms with E-state index in [-0.39, 0.29) is 0 Å². The first-order chi connectivity index (χ1) is 7.27. The predicted octanol–water partition coefficient (Wildman–Crippen LogP) is 1.10. The highest BCUT2D eigenvalue weighted by molar-refractivity contribution is 4.83. The summed E-state index contributed by atoms with van der Waals surface area (Å²) in [5.41, 5.74) is 0. The number of nitrogens with one attached hydrogen (secondary N) is 1. The molecule has 0 spiro atoms. The summed E-state index contributed by atoms with van der Waals surface area (Å²) in [6, 6.07) is 1.32. The van der Waals surface area contributed by atoms with Crippen LogP contribution in [0, 0.1) is 5.92 Å². The molecular formula is C12H24N2O. The van der Waals surface area contributed by atoms with Crippen LogP contribution in [0.5, 0.6) is 0 Å². The summed E-state index contributed by atoms with van der Waals surface area (Å²) < 4.78 is 5.43. The largest absolute Gasteiger partial charge is 0.379 e. The second-order valence-corrected chi connectivity index (χ2v) is 5.04. The van der Waals surface area contributed by atoms with Crippen molar-refractivity contribution in [3.63, 3.8) is 0 Å². The van der Waals surface area contributed by atoms with Gasteiger partial charge < -0.3 is 10.1 Å². The first-order valence-corrected chi connectivity index (χ1v) is 6.32. The molecule has 2 aliphatic rings. The van der Waals surface area contributed by atoms with Crippen LogP contribution in [0.3, 0.4) is 0 Å². The Hall–Kier alpha value is -0.120. The van der Waals surface area contributed by atoms with Gasteiger partial charge in [0.15, 0.2) is 0 Å². The minimum atomic E-state index is 0.594. The molecule has 2 atom stereocenters. The van der Waals surface area contributed by atoms with Gasteiger partial charge in [0.2, 0.25) is 0 Å². The van der Waals surface area contributed by atoms with E-state index in [2.05, 4.69) is 24.1 Å². The van der Waals surface area contributed by atoms with Gasteiger partial charge in [0.1, 0.15) is 0 Å². The number of morpholine rings is 1. The summed E-state index contributed by atoms with van der Waals surface area (Å²) in [6.45, 7) is 9.77. The lowest BCUT2D eigenvalue weighted by atomic mass is 10.2. The molecule has 1 aliphatic carbocycles. The average molecular weight is 212 g/mol. The van der Waals surface area contributed by atoms with Gasteiger partial charge in [0.25, 0.3) is 0 Å². The van der Waals surface area contributed by atoms with E-state index >= 15 is 0 Å². The SMILES string of the molecule is CC(NCCN1CCOCC1C)C1CC1. The van der Waals surface area contributed by atoms with E-state index in [0.717, 1.165) is 38.3 Å². The molecule has 0 aromatic heterocycles. The fourth-order valence-electron chi connectivity index (χ4n) is 2.29. The molecule has 0 amide bonds. The van der Waals surface area contributed by atoms with Crippen molar-refractivity contribution in [2.45, 2.75) is 38.8 Å². The second-order valence-electron chi connectivity index (χ2n) is 5.04. The van der Waals surface area contributed by atoms with Crippen molar-refractivity contribution in [2.24, 2.45) is 5.92 Å². The van der Waals surface area contributed by atoms with Gasteiger partial charge in [-0.3, -0.25) is 4.90 Å². The Bertz CT molecular complexity index is 194. The molecule has 1 heterocycles. The molecule has 3 nitrogen and oxygen atoms in total. The summed E-state index contributed by atoms with van der Waals surface area (Å²) in [5, 5.41) is 3.63. The molecule has 0 aromatic carbocycles. The Morgan fingerprint density at radius 1 is 1.47 bits per heavy atom. The fourth-order valence-corrected chi connectivity index (χ4v) is 2.29. The van der Waals surface area contributed by atoms with E-state index in [4.69, 9.17) is 4.74 Å². The number of hydrogen-bond donors (Lipinski definition) is 1. The Balaban J connectivity index is 1.59. The third-order valence-corrected chi connectivity index (χ3v) is 3.70. The number of nitrogens with zero attached hydrogens (tertiary/aromatic N) is 1. The van der Waals surface area contributed by atoms with Gasteiger partial charge in [-0.1, -0.05) is 0 Å². The highest BCUT2D eigenvalue weighted by Gasteiger charge is 2.27. The zero-order chi connectivity index (χ0) is 10.7. The highest BCUT2D eigenvalue weighted by Crippen LogP contribution is 2.32. The third-order valence-electron chi connectivity index (χ3n) is 3.70. The Morgan fingerprint density at radius 3 is 2.93 bits per heavy atom. The summed E-state index contributed by atoms with van der Waals surface area (Å²) >= 11 is 0. The molecule has 1 N–H and O–H groups in total. The van der Waals surface area contributed by atoms with Crippen molar-refractivity contribution < 1.29 is 4.74 Å². The van der Waals surface area contributed by atoms with Crippen LogP contribution in [0.15, 0.2) is 0 Å². The maximum Gasteiger partial charge on any atom is 0.0619 e. The van der Waals surface area contributed by atoms with Crippen LogP contribution in [0.4, 0.5) is 0 Å². The smallest absolute Gasteiger partial charge is 0.0619 e. The molecule has 1 aliphatic heterocycles. The molecule has 0 bridgehead atoms. The minimum absolute atomic E-state index is 0.594. The predicted molar refractivity (Wildman–Crippen MR) is 62.0 cm³/mol. The first-order valence-electron chi connectivity index (χ1n) is 6.32. The van der Waals surface area contributed by atoms with Crippen LogP contribution < -0.4 is 5.32 Å². The number of hydrogen-bond acceptors (Lipinski definition) is 3. The summed E-state index contributed by atoms with van der Waals surface area (Å²) in [5.74, 6) is 0.965. The van der Waals surface area contributed by atoms with Crippen LogP contribution in [0.1, 0.15) is 26.7 Å². The van der Waals surface area contributed by atoms with E-state index in [0.29, 0.717) is 6.04 Å². The Labute approximate surface area is 93.2 Å². The number of rotatable bonds is 5. The average Bonchev–Trinajstić information content (AvgIpc) is 3.04. The lowest BCUT2D eigenvalue weighted by Crippen LogP contribution is -2.47. The van der Waals surface area contributed by atoms with Crippen molar-refractivity contribution in [2.75, 3.05) is 32.8 Å². The van der Waals surface area contributed by atoms with Gasteiger partial charge in [-0.25, -0.2) is 0 Å². The van der Waals surface area contributed by atoms with Crippen molar-refractivity contribution >= 4 is 0 Å². The third kappa shape index (κ3) is 3.44. The lowest BCUT2D eigenvalue weighted by molar-refractivity contribution is 0.000154. The standard InChI is InChI=1S/C12H24N2O/c1-10-9-15-8-7-14(10)6-5-13-11(2)12-3-4-12/h10-13H,3-9H2,1-2H3. The van der Waals surface area contributed by atoms with Gasteiger partial charge in [0, 0.05) is 31.7 Å². The molecule has 2 rings (SSSR count). The van der Waals surface area contributed by atoms with Crippen molar-refractivity contribution in [3.05, 3.63) is 0 Å². The molecule has 88 valence electrons. The lowest BCUT2D eigenvalue weighted by Gasteiger charge is -2.33. The van der Waals surface area contributed by atoms with Crippen molar-refractivity contribution in [3.8, 4) is 0 Å². The van der Waals surface area contributed by atoms with E-state index < -0.39 is 0 Å². The Morgan fingerprint density at radius 2 is 2.27 bits per heavy atom. The molecule has 2 fully saturated rings. The highest BCUT2D eigenvalue weighted by atomic mass is 16.5. The Kier molecular flexibility index (Phi) is 4.00. The second kappa shape index (κ2) is 5.28. The summed E-state index contributed by atoms with van der Waals surface area (Å²) in [6.07, 6.45) is 2.87. The molecule has 0 radical (unpaired) electrons. The van der Waals surface area contributed by atoms with E-state index in [1.54, 1.807) is 0 Å². The van der Waals surface area contributed by atoms with Crippen LogP contribution in [-0.4, -0.2) is 49.8 Å². The topological polar surface area (TPSA) is 24.5 Å². The maximum atomic E-state index is 5.43. The molecule has 1 saturated heterocycles. The normalized spacial score (nSPS) is 30.4. The first kappa shape index (κ1) is 11.4. The zero-order valence-corrected chi connectivity index (χ0v) is 10.0. The fraction of sp³-hybridized carbons (Fsp3) is 1.00. The summed E-state index contributed by atoms with van der Waals surface area (Å²) in [4.78, 5) is 2.52. The molecule has 3 heteroatoms. The van der Waals surface area contributed by atoms with Crippen molar-refractivity contribution in [1.82, 2.24) is 10.2 Å². The van der Waals surface area contributed by atoms with Crippen LogP contribution in [-0.2, 0) is 4.74 Å². The zero-order valence-electron chi connectivity index (χ0n) is 10.0. The monoisotopic (exact) mass is 212 g/mol. The van der Waals surface area contributed by atoms with Gasteiger partial charge in [-0.15, -0.1) is 0 Å². The molecule has 0 aromatic rings. The van der Waals surface area contributed by atoms with Crippen molar-refractivity contribution in [1.29, 1.82) is 0 Å². The summed E-state index contributed by atoms with van der Waals surface area (Å²) in [7, 11) is 0. The molecular weight excluding hydrogens is 188 g/mol. The quantitative estimate of drug-likeness (QED) is 0.738. The molecule has 15 heavy (non-hydrogen) atoms. The van der Waals surface area contributed by atoms with Gasteiger partial charge in [0.05, 0.1) is 13.2 Å². The van der Waals surface area contributed by atoms with Gasteiger partial charge >= 0.3 is 0 Å². The van der Waals surface area contributed by atoms with Gasteiger partial charge in [-0.2, -0.15) is 0 Å². The maximum absolute atomic E-state index is 5.43. The van der Waals surface area contributed by atoms with Crippen LogP contribution in [0.25, 0.3) is 0 Å². The molecule has 1 saturated carbocycles. The van der Waals surface area contributed by atoms with E-state index in [1.807, 2.05) is 0 Å². The minimum Gasteiger partial charge on any atom is -0.379 e. The van der Waals surface area contributed by atoms with Crippen LogP contribution in [0.2, 0.25) is 0 Å². The van der Waals surface area contributed by atoms with E-state index in [9.17, 15) is 0 Å². The molecule has 2 unspecified atom stereocenters. The number of ether oxygens (including phenoxy) is 1. The van der Waals surface area contributed by atoms with Gasteiger partial charge in [-0.05, 0) is 32.6 Å². The van der Waals surface area contributed by atoms with E-state index in [1.165, 1.54) is 19.4 Å². The van der Waals surface area contributed by atoms with Crippen LogP contribution >= 0.6 is 0 Å².